The lowest BCUT2D eigenvalue weighted by Crippen LogP contribution is -2.25. The molecule has 0 aromatic heterocycles. The maximum atomic E-state index is 12.6. The molecule has 8 heteroatoms. The van der Waals surface area contributed by atoms with Crippen molar-refractivity contribution in [3.63, 3.8) is 0 Å². The van der Waals surface area contributed by atoms with Gasteiger partial charge in [0.1, 0.15) is 5.82 Å². The first-order valence-electron chi connectivity index (χ1n) is 4.47. The van der Waals surface area contributed by atoms with E-state index in [1.165, 1.54) is 0 Å². The van der Waals surface area contributed by atoms with Crippen LogP contribution in [-0.4, -0.2) is 12.0 Å². The molecular formula is C10H5F7O. The van der Waals surface area contributed by atoms with Crippen LogP contribution >= 0.6 is 0 Å². The third-order valence-corrected chi connectivity index (χ3v) is 2.04. The molecule has 1 aromatic carbocycles. The summed E-state index contributed by atoms with van der Waals surface area (Å²) in [6, 6.07) is 1.13. The Labute approximate surface area is 96.2 Å². The quantitative estimate of drug-likeness (QED) is 0.754. The summed E-state index contributed by atoms with van der Waals surface area (Å²) < 4.78 is 85.7. The molecule has 0 amide bonds. The van der Waals surface area contributed by atoms with Crippen LogP contribution in [0.3, 0.4) is 0 Å². The van der Waals surface area contributed by atoms with Crippen LogP contribution in [0.1, 0.15) is 11.1 Å². The van der Waals surface area contributed by atoms with Gasteiger partial charge in [0.15, 0.2) is 0 Å². The molecule has 0 atom stereocenters. The van der Waals surface area contributed by atoms with Gasteiger partial charge in [0.25, 0.3) is 0 Å². The summed E-state index contributed by atoms with van der Waals surface area (Å²) in [6.45, 7) is 0. The largest absolute Gasteiger partial charge is 0.450 e. The maximum Gasteiger partial charge on any atom is 0.450 e. The van der Waals surface area contributed by atoms with E-state index in [1.807, 2.05) is 0 Å². The average molecular weight is 274 g/mol. The van der Waals surface area contributed by atoms with E-state index >= 15 is 0 Å². The second-order valence-corrected chi connectivity index (χ2v) is 3.40. The van der Waals surface area contributed by atoms with Crippen LogP contribution in [0.15, 0.2) is 18.2 Å². The first-order valence-corrected chi connectivity index (χ1v) is 4.47. The Kier molecular flexibility index (Phi) is 3.68. The number of ketones is 1. The lowest BCUT2D eigenvalue weighted by atomic mass is 10.0. The Morgan fingerprint density at radius 2 is 1.61 bits per heavy atom. The molecule has 1 rings (SSSR count). The Morgan fingerprint density at radius 3 is 2.06 bits per heavy atom. The van der Waals surface area contributed by atoms with Crippen molar-refractivity contribution in [1.29, 1.82) is 0 Å². The lowest BCUT2D eigenvalue weighted by molar-refractivity contribution is -0.170. The standard InChI is InChI=1S/C10H5F7O/c11-6-2-1-5(3-8(18)10(15,16)17)7(4-6)9(12,13)14/h1-2,4H,3H2. The van der Waals surface area contributed by atoms with Gasteiger partial charge in [-0.3, -0.25) is 4.79 Å². The lowest BCUT2D eigenvalue weighted by Gasteiger charge is -2.13. The molecule has 1 aromatic rings. The van der Waals surface area contributed by atoms with Gasteiger partial charge in [-0.15, -0.1) is 0 Å². The van der Waals surface area contributed by atoms with Crippen molar-refractivity contribution in [2.45, 2.75) is 18.8 Å². The molecule has 1 nitrogen and oxygen atoms in total. The number of Topliss-reactive ketones (excluding diaryl/α,β-unsaturated/α-hetero) is 1. The molecule has 0 aliphatic carbocycles. The van der Waals surface area contributed by atoms with Crippen LogP contribution in [0.5, 0.6) is 0 Å². The first-order chi connectivity index (χ1) is 8.01. The topological polar surface area (TPSA) is 17.1 Å². The minimum Gasteiger partial charge on any atom is -0.289 e. The highest BCUT2D eigenvalue weighted by atomic mass is 19.4. The van der Waals surface area contributed by atoms with Crippen LogP contribution in [-0.2, 0) is 17.4 Å². The van der Waals surface area contributed by atoms with Crippen molar-refractivity contribution in [2.24, 2.45) is 0 Å². The molecule has 0 heterocycles. The van der Waals surface area contributed by atoms with E-state index in [0.717, 1.165) is 0 Å². The number of carbonyl (C=O) groups is 1. The van der Waals surface area contributed by atoms with Crippen molar-refractivity contribution in [3.05, 3.63) is 35.1 Å². The fraction of sp³-hybridized carbons (Fsp3) is 0.300. The summed E-state index contributed by atoms with van der Waals surface area (Å²) in [5, 5.41) is 0. The second-order valence-electron chi connectivity index (χ2n) is 3.40. The highest BCUT2D eigenvalue weighted by Gasteiger charge is 2.40. The van der Waals surface area contributed by atoms with E-state index in [0.29, 0.717) is 12.1 Å². The van der Waals surface area contributed by atoms with Crippen molar-refractivity contribution >= 4 is 5.78 Å². The van der Waals surface area contributed by atoms with Crippen molar-refractivity contribution in [3.8, 4) is 0 Å². The van der Waals surface area contributed by atoms with Crippen molar-refractivity contribution < 1.29 is 35.5 Å². The summed E-state index contributed by atoms with van der Waals surface area (Å²) >= 11 is 0. The maximum absolute atomic E-state index is 12.6. The molecule has 18 heavy (non-hydrogen) atoms. The van der Waals surface area contributed by atoms with Gasteiger partial charge < -0.3 is 0 Å². The number of rotatable bonds is 2. The van der Waals surface area contributed by atoms with Gasteiger partial charge >= 0.3 is 12.4 Å². The van der Waals surface area contributed by atoms with Gasteiger partial charge in [0.05, 0.1) is 5.56 Å². The molecule has 0 fully saturated rings. The summed E-state index contributed by atoms with van der Waals surface area (Å²) in [5.41, 5.74) is -2.49. The Balaban J connectivity index is 3.14. The first kappa shape index (κ1) is 14.5. The fourth-order valence-electron chi connectivity index (χ4n) is 1.24. The molecule has 100 valence electrons. The van der Waals surface area contributed by atoms with E-state index in [2.05, 4.69) is 0 Å². The minimum absolute atomic E-state index is 0.0546. The third-order valence-electron chi connectivity index (χ3n) is 2.04. The molecular weight excluding hydrogens is 269 g/mol. The van der Waals surface area contributed by atoms with Crippen molar-refractivity contribution in [1.82, 2.24) is 0 Å². The predicted molar refractivity (Wildman–Crippen MR) is 46.2 cm³/mol. The molecule has 0 radical (unpaired) electrons. The van der Waals surface area contributed by atoms with Crippen molar-refractivity contribution in [2.75, 3.05) is 0 Å². The fourth-order valence-corrected chi connectivity index (χ4v) is 1.24. The molecule has 0 N–H and O–H groups in total. The number of hydrogen-bond acceptors (Lipinski definition) is 1. The van der Waals surface area contributed by atoms with Crippen LogP contribution in [0.4, 0.5) is 30.7 Å². The van der Waals surface area contributed by atoms with Gasteiger partial charge in [0.2, 0.25) is 5.78 Å². The molecule has 0 bridgehead atoms. The third kappa shape index (κ3) is 3.44. The highest BCUT2D eigenvalue weighted by Crippen LogP contribution is 2.33. The number of alkyl halides is 6. The average Bonchev–Trinajstić information content (AvgIpc) is 2.17. The van der Waals surface area contributed by atoms with Gasteiger partial charge in [-0.25, -0.2) is 4.39 Å². The predicted octanol–water partition coefficient (Wildman–Crippen LogP) is 3.52. The Bertz CT molecular complexity index is 458. The molecule has 0 aliphatic rings. The zero-order valence-electron chi connectivity index (χ0n) is 8.49. The summed E-state index contributed by atoms with van der Waals surface area (Å²) in [6.07, 6.45) is -11.7. The Hall–Kier alpha value is -1.60. The zero-order valence-corrected chi connectivity index (χ0v) is 8.49. The molecule has 0 saturated carbocycles. The SMILES string of the molecule is O=C(Cc1ccc(F)cc1C(F)(F)F)C(F)(F)F. The second kappa shape index (κ2) is 4.58. The molecule has 0 saturated heterocycles. The van der Waals surface area contributed by atoms with Gasteiger partial charge in [-0.1, -0.05) is 6.07 Å². The Morgan fingerprint density at radius 1 is 1.06 bits per heavy atom. The van der Waals surface area contributed by atoms with Crippen LogP contribution in [0.2, 0.25) is 0 Å². The van der Waals surface area contributed by atoms with Gasteiger partial charge in [-0.2, -0.15) is 26.3 Å². The van der Waals surface area contributed by atoms with E-state index in [1.54, 1.807) is 0 Å². The number of benzene rings is 1. The molecule has 0 spiro atoms. The van der Waals surface area contributed by atoms with Crippen LogP contribution < -0.4 is 0 Å². The van der Waals surface area contributed by atoms with Gasteiger partial charge in [0, 0.05) is 6.42 Å². The highest BCUT2D eigenvalue weighted by molar-refractivity contribution is 5.86. The summed E-state index contributed by atoms with van der Waals surface area (Å²) in [5.74, 6) is -3.56. The smallest absolute Gasteiger partial charge is 0.289 e. The van der Waals surface area contributed by atoms with E-state index < -0.39 is 41.5 Å². The number of hydrogen-bond donors (Lipinski definition) is 0. The minimum atomic E-state index is -5.22. The van der Waals surface area contributed by atoms with Gasteiger partial charge in [-0.05, 0) is 17.7 Å². The molecule has 0 aliphatic heterocycles. The number of halogens is 7. The zero-order chi connectivity index (χ0) is 14.1. The van der Waals surface area contributed by atoms with E-state index in [4.69, 9.17) is 0 Å². The molecule has 0 unspecified atom stereocenters. The normalized spacial score (nSPS) is 12.6. The summed E-state index contributed by atoms with van der Waals surface area (Å²) in [4.78, 5) is 10.6. The van der Waals surface area contributed by atoms with E-state index in [-0.39, 0.29) is 6.07 Å². The monoisotopic (exact) mass is 274 g/mol. The van der Waals surface area contributed by atoms with Crippen LogP contribution in [0, 0.1) is 5.82 Å². The van der Waals surface area contributed by atoms with Crippen LogP contribution in [0.25, 0.3) is 0 Å². The summed E-state index contributed by atoms with van der Waals surface area (Å²) in [7, 11) is 0. The van der Waals surface area contributed by atoms with E-state index in [9.17, 15) is 35.5 Å². The number of carbonyl (C=O) groups excluding carboxylic acids is 1.